The Bertz CT molecular complexity index is 1110. The van der Waals surface area contributed by atoms with Crippen LogP contribution in [-0.4, -0.2) is 36.9 Å². The summed E-state index contributed by atoms with van der Waals surface area (Å²) in [5.41, 5.74) is 4.40. The third kappa shape index (κ3) is 3.90. The van der Waals surface area contributed by atoms with Gasteiger partial charge in [-0.2, -0.15) is 0 Å². The highest BCUT2D eigenvalue weighted by Crippen LogP contribution is 2.39. The van der Waals surface area contributed by atoms with Crippen molar-refractivity contribution < 1.29 is 14.3 Å². The van der Waals surface area contributed by atoms with E-state index < -0.39 is 0 Å². The number of benzene rings is 2. The van der Waals surface area contributed by atoms with Crippen molar-refractivity contribution in [2.75, 3.05) is 25.1 Å². The van der Waals surface area contributed by atoms with Gasteiger partial charge in [0.2, 0.25) is 0 Å². The monoisotopic (exact) mass is 452 g/mol. The summed E-state index contributed by atoms with van der Waals surface area (Å²) in [5, 5.41) is 0.354. The van der Waals surface area contributed by atoms with Crippen LogP contribution in [0.4, 0.5) is 5.69 Å². The molecule has 32 heavy (non-hydrogen) atoms. The van der Waals surface area contributed by atoms with E-state index in [-0.39, 0.29) is 11.8 Å². The van der Waals surface area contributed by atoms with Gasteiger partial charge in [-0.3, -0.25) is 9.59 Å². The van der Waals surface area contributed by atoms with Gasteiger partial charge in [0, 0.05) is 13.1 Å². The first-order valence-corrected chi connectivity index (χ1v) is 11.4. The summed E-state index contributed by atoms with van der Waals surface area (Å²) >= 11 is 6.32. The second-order valence-corrected chi connectivity index (χ2v) is 9.55. The molecule has 2 aliphatic rings. The highest BCUT2D eigenvalue weighted by Gasteiger charge is 2.43. The number of imide groups is 1. The van der Waals surface area contributed by atoms with Crippen molar-refractivity contribution in [3.8, 4) is 5.75 Å². The molecule has 2 aromatic rings. The number of methoxy groups -OCH3 is 1. The van der Waals surface area contributed by atoms with Crippen LogP contribution in [0.25, 0.3) is 5.57 Å². The third-order valence-corrected chi connectivity index (χ3v) is 6.73. The minimum absolute atomic E-state index is 0.300. The lowest BCUT2D eigenvalue weighted by Crippen LogP contribution is -2.42. The molecule has 2 unspecified atom stereocenters. The molecule has 1 saturated heterocycles. The number of carbonyl (C=O) groups is 2. The second kappa shape index (κ2) is 8.62. The Labute approximate surface area is 194 Å². The lowest BCUT2D eigenvalue weighted by atomic mass is 9.90. The molecule has 2 atom stereocenters. The number of likely N-dealkylation sites (tertiary alicyclic amines) is 1. The number of amides is 2. The first kappa shape index (κ1) is 22.4. The van der Waals surface area contributed by atoms with Crippen molar-refractivity contribution in [2.45, 2.75) is 34.1 Å². The van der Waals surface area contributed by atoms with E-state index in [0.717, 1.165) is 36.2 Å². The maximum absolute atomic E-state index is 13.8. The molecule has 6 heteroatoms. The van der Waals surface area contributed by atoms with Gasteiger partial charge in [-0.25, -0.2) is 4.90 Å². The minimum atomic E-state index is -0.319. The summed E-state index contributed by atoms with van der Waals surface area (Å²) in [6.07, 6.45) is 1.11. The number of nitrogens with zero attached hydrogens (tertiary/aromatic N) is 2. The number of carbonyl (C=O) groups excluding carboxylic acids is 2. The predicted molar refractivity (Wildman–Crippen MR) is 128 cm³/mol. The van der Waals surface area contributed by atoms with Gasteiger partial charge in [-0.15, -0.1) is 0 Å². The number of hydrogen-bond acceptors (Lipinski definition) is 4. The zero-order chi connectivity index (χ0) is 23.2. The molecule has 2 heterocycles. The summed E-state index contributed by atoms with van der Waals surface area (Å²) in [6, 6.07) is 10.9. The van der Waals surface area contributed by atoms with E-state index in [1.165, 1.54) is 12.0 Å². The quantitative estimate of drug-likeness (QED) is 0.596. The van der Waals surface area contributed by atoms with Crippen LogP contribution in [-0.2, 0) is 9.59 Å². The number of hydrogen-bond donors (Lipinski definition) is 0. The van der Waals surface area contributed by atoms with E-state index in [9.17, 15) is 9.59 Å². The Morgan fingerprint density at radius 3 is 2.22 bits per heavy atom. The summed E-state index contributed by atoms with van der Waals surface area (Å²) in [4.78, 5) is 30.9. The van der Waals surface area contributed by atoms with Crippen molar-refractivity contribution in [2.24, 2.45) is 11.8 Å². The van der Waals surface area contributed by atoms with Crippen LogP contribution in [0.3, 0.4) is 0 Å². The van der Waals surface area contributed by atoms with Crippen molar-refractivity contribution in [3.63, 3.8) is 0 Å². The number of anilines is 1. The largest absolute Gasteiger partial charge is 0.495 e. The van der Waals surface area contributed by atoms with Crippen LogP contribution in [0, 0.1) is 25.7 Å². The Kier molecular flexibility index (Phi) is 6.04. The number of rotatable bonds is 4. The Morgan fingerprint density at radius 1 is 0.938 bits per heavy atom. The van der Waals surface area contributed by atoms with Crippen molar-refractivity contribution >= 4 is 34.7 Å². The highest BCUT2D eigenvalue weighted by atomic mass is 35.5. The summed E-state index contributed by atoms with van der Waals surface area (Å²) < 4.78 is 5.23. The highest BCUT2D eigenvalue weighted by molar-refractivity contribution is 6.45. The second-order valence-electron chi connectivity index (χ2n) is 9.14. The molecule has 0 saturated carbocycles. The van der Waals surface area contributed by atoms with Gasteiger partial charge in [-0.1, -0.05) is 43.6 Å². The fourth-order valence-electron chi connectivity index (χ4n) is 4.84. The minimum Gasteiger partial charge on any atom is -0.495 e. The van der Waals surface area contributed by atoms with Crippen molar-refractivity contribution in [1.82, 2.24) is 4.90 Å². The fraction of sp³-hybridized carbons (Fsp3) is 0.385. The molecular weight excluding hydrogens is 424 g/mol. The SMILES string of the molecule is COc1ccc(N2C(=O)C(c3ccc(C)c(C)c3)=C(N3CC(C)CC(C)C3)C2=O)cc1Cl. The molecule has 168 valence electrons. The van der Waals surface area contributed by atoms with Crippen LogP contribution in [0.2, 0.25) is 5.02 Å². The third-order valence-electron chi connectivity index (χ3n) is 6.43. The van der Waals surface area contributed by atoms with E-state index >= 15 is 0 Å². The average Bonchev–Trinajstić information content (AvgIpc) is 2.99. The molecule has 0 spiro atoms. The standard InChI is InChI=1S/C26H29ClN2O3/c1-15-10-16(2)14-28(13-15)24-23(19-7-6-17(3)18(4)11-19)25(30)29(26(24)31)20-8-9-22(32-5)21(27)12-20/h6-9,11-12,15-16H,10,13-14H2,1-5H3. The van der Waals surface area contributed by atoms with Gasteiger partial charge in [0.15, 0.2) is 0 Å². The van der Waals surface area contributed by atoms with E-state index in [0.29, 0.717) is 39.6 Å². The summed E-state index contributed by atoms with van der Waals surface area (Å²) in [5.74, 6) is 0.765. The van der Waals surface area contributed by atoms with E-state index in [1.54, 1.807) is 18.2 Å². The first-order valence-electron chi connectivity index (χ1n) is 11.0. The van der Waals surface area contributed by atoms with Gasteiger partial charge < -0.3 is 9.64 Å². The smallest absolute Gasteiger partial charge is 0.282 e. The zero-order valence-electron chi connectivity index (χ0n) is 19.2. The average molecular weight is 453 g/mol. The zero-order valence-corrected chi connectivity index (χ0v) is 20.0. The number of halogens is 1. The number of piperidine rings is 1. The Hall–Kier alpha value is -2.79. The summed E-state index contributed by atoms with van der Waals surface area (Å²) in [6.45, 7) is 9.96. The molecule has 0 bridgehead atoms. The summed E-state index contributed by atoms with van der Waals surface area (Å²) in [7, 11) is 1.53. The normalized spacial score (nSPS) is 21.6. The molecule has 4 rings (SSSR count). The first-order chi connectivity index (χ1) is 15.2. The molecule has 0 aliphatic carbocycles. The molecule has 0 N–H and O–H groups in total. The van der Waals surface area contributed by atoms with Gasteiger partial charge in [-0.05, 0) is 67.0 Å². The van der Waals surface area contributed by atoms with Gasteiger partial charge >= 0.3 is 0 Å². The van der Waals surface area contributed by atoms with E-state index in [4.69, 9.17) is 16.3 Å². The van der Waals surface area contributed by atoms with Gasteiger partial charge in [0.25, 0.3) is 11.8 Å². The molecule has 0 radical (unpaired) electrons. The molecule has 2 amide bonds. The van der Waals surface area contributed by atoms with Crippen LogP contribution in [0.15, 0.2) is 42.1 Å². The van der Waals surface area contributed by atoms with Crippen LogP contribution in [0.5, 0.6) is 5.75 Å². The number of aryl methyl sites for hydroxylation is 2. The maximum atomic E-state index is 13.8. The van der Waals surface area contributed by atoms with Gasteiger partial charge in [0.1, 0.15) is 11.4 Å². The molecule has 2 aromatic carbocycles. The predicted octanol–water partition coefficient (Wildman–Crippen LogP) is 5.23. The van der Waals surface area contributed by atoms with Crippen LogP contribution < -0.4 is 9.64 Å². The molecule has 0 aromatic heterocycles. The lowest BCUT2D eigenvalue weighted by Gasteiger charge is -2.37. The van der Waals surface area contributed by atoms with Gasteiger partial charge in [0.05, 0.1) is 23.4 Å². The fourth-order valence-corrected chi connectivity index (χ4v) is 5.09. The van der Waals surface area contributed by atoms with Crippen molar-refractivity contribution in [1.29, 1.82) is 0 Å². The molecular formula is C26H29ClN2O3. The molecule has 1 fully saturated rings. The lowest BCUT2D eigenvalue weighted by molar-refractivity contribution is -0.120. The molecule has 5 nitrogen and oxygen atoms in total. The topological polar surface area (TPSA) is 49.9 Å². The van der Waals surface area contributed by atoms with E-state index in [1.807, 2.05) is 32.0 Å². The Balaban J connectivity index is 1.84. The van der Waals surface area contributed by atoms with Crippen LogP contribution >= 0.6 is 11.6 Å². The number of ether oxygens (including phenoxy) is 1. The maximum Gasteiger partial charge on any atom is 0.282 e. The van der Waals surface area contributed by atoms with Crippen molar-refractivity contribution in [3.05, 3.63) is 63.8 Å². The molecule has 2 aliphatic heterocycles. The Morgan fingerprint density at radius 2 is 1.62 bits per heavy atom. The van der Waals surface area contributed by atoms with E-state index in [2.05, 4.69) is 18.7 Å². The van der Waals surface area contributed by atoms with Crippen LogP contribution in [0.1, 0.15) is 37.0 Å².